The van der Waals surface area contributed by atoms with Gasteiger partial charge in [-0.25, -0.2) is 0 Å². The number of aliphatic hydroxyl groups is 1. The number of primary amides is 1. The second-order valence-corrected chi connectivity index (χ2v) is 4.89. The third kappa shape index (κ3) is 2.26. The minimum atomic E-state index is -0.476. The molecule has 0 bridgehead atoms. The monoisotopic (exact) mass is 249 g/mol. The van der Waals surface area contributed by atoms with E-state index in [-0.39, 0.29) is 12.0 Å². The lowest BCUT2D eigenvalue weighted by Crippen LogP contribution is -2.43. The predicted molar refractivity (Wildman–Crippen MR) is 71.4 cm³/mol. The molecule has 5 heteroatoms. The maximum Gasteiger partial charge on any atom is 0.250 e. The maximum atomic E-state index is 11.5. The Hall–Kier alpha value is -1.75. The number of nitrogen functional groups attached to an aromatic ring is 1. The molecule has 0 aromatic heterocycles. The fourth-order valence-electron chi connectivity index (χ4n) is 2.45. The van der Waals surface area contributed by atoms with E-state index < -0.39 is 5.91 Å². The van der Waals surface area contributed by atoms with E-state index in [0.717, 1.165) is 0 Å². The summed E-state index contributed by atoms with van der Waals surface area (Å²) in [5.41, 5.74) is 13.0. The number of carbonyl (C=O) groups excluding carboxylic acids is 1. The van der Waals surface area contributed by atoms with E-state index >= 15 is 0 Å². The van der Waals surface area contributed by atoms with Gasteiger partial charge < -0.3 is 21.5 Å². The normalized spacial score (nSPS) is 24.0. The number of anilines is 2. The molecule has 1 aromatic rings. The highest BCUT2D eigenvalue weighted by Crippen LogP contribution is 2.31. The molecule has 1 fully saturated rings. The second-order valence-electron chi connectivity index (χ2n) is 4.89. The first-order valence-corrected chi connectivity index (χ1v) is 6.12. The number of benzene rings is 1. The van der Waals surface area contributed by atoms with E-state index in [2.05, 4.69) is 0 Å². The van der Waals surface area contributed by atoms with Gasteiger partial charge in [0.25, 0.3) is 5.91 Å². The molecule has 2 atom stereocenters. The van der Waals surface area contributed by atoms with Crippen LogP contribution in [0.4, 0.5) is 11.4 Å². The molecule has 1 aliphatic rings. The Kier molecular flexibility index (Phi) is 3.43. The number of hydrogen-bond donors (Lipinski definition) is 3. The molecule has 1 saturated heterocycles. The molecular weight excluding hydrogens is 230 g/mol. The van der Waals surface area contributed by atoms with Crippen LogP contribution in [0.25, 0.3) is 0 Å². The molecule has 0 spiro atoms. The van der Waals surface area contributed by atoms with E-state index in [4.69, 9.17) is 11.5 Å². The summed E-state index contributed by atoms with van der Waals surface area (Å²) in [5.74, 6) is -0.324. The average Bonchev–Trinajstić information content (AvgIpc) is 2.32. The van der Waals surface area contributed by atoms with Crippen LogP contribution in [-0.2, 0) is 0 Å². The number of piperidine rings is 1. The Bertz CT molecular complexity index is 462. The zero-order valence-corrected chi connectivity index (χ0v) is 10.5. The highest BCUT2D eigenvalue weighted by Gasteiger charge is 2.27. The van der Waals surface area contributed by atoms with Crippen LogP contribution >= 0.6 is 0 Å². The molecule has 1 aliphatic heterocycles. The van der Waals surface area contributed by atoms with Crippen molar-refractivity contribution in [2.75, 3.05) is 23.7 Å². The van der Waals surface area contributed by atoms with Gasteiger partial charge in [0.2, 0.25) is 0 Å². The van der Waals surface area contributed by atoms with Crippen LogP contribution in [0.3, 0.4) is 0 Å². The topological polar surface area (TPSA) is 92.6 Å². The zero-order valence-electron chi connectivity index (χ0n) is 10.5. The van der Waals surface area contributed by atoms with Crippen molar-refractivity contribution in [3.63, 3.8) is 0 Å². The zero-order chi connectivity index (χ0) is 13.3. The molecule has 0 radical (unpaired) electrons. The summed E-state index contributed by atoms with van der Waals surface area (Å²) in [5, 5.41) is 9.74. The van der Waals surface area contributed by atoms with E-state index in [9.17, 15) is 9.90 Å². The Labute approximate surface area is 106 Å². The Balaban J connectivity index is 2.36. The Morgan fingerprint density at radius 3 is 2.83 bits per heavy atom. The number of nitrogens with zero attached hydrogens (tertiary/aromatic N) is 1. The second kappa shape index (κ2) is 4.86. The number of amides is 1. The summed E-state index contributed by atoms with van der Waals surface area (Å²) >= 11 is 0. The first-order chi connectivity index (χ1) is 8.50. The minimum absolute atomic E-state index is 0.152. The van der Waals surface area contributed by atoms with Crippen LogP contribution < -0.4 is 16.4 Å². The standard InChI is InChI=1S/C13H19N3O2/c1-8-7-16(6-5-11(8)17)12-9(13(15)18)3-2-4-10(12)14/h2-4,8,11,17H,5-7,14H2,1H3,(H2,15,18). The molecule has 1 heterocycles. The lowest BCUT2D eigenvalue weighted by molar-refractivity contribution is 0.0966. The van der Waals surface area contributed by atoms with Gasteiger partial charge in [-0.05, 0) is 24.5 Å². The quantitative estimate of drug-likeness (QED) is 0.668. The summed E-state index contributed by atoms with van der Waals surface area (Å²) in [7, 11) is 0. The molecule has 0 aliphatic carbocycles. The van der Waals surface area contributed by atoms with Crippen LogP contribution in [0.15, 0.2) is 18.2 Å². The fraction of sp³-hybridized carbons (Fsp3) is 0.462. The Morgan fingerprint density at radius 2 is 2.22 bits per heavy atom. The molecule has 2 rings (SSSR count). The van der Waals surface area contributed by atoms with Crippen molar-refractivity contribution in [2.45, 2.75) is 19.4 Å². The third-order valence-electron chi connectivity index (χ3n) is 3.51. The third-order valence-corrected chi connectivity index (χ3v) is 3.51. The first kappa shape index (κ1) is 12.7. The summed E-state index contributed by atoms with van der Waals surface area (Å²) in [6.07, 6.45) is 0.386. The minimum Gasteiger partial charge on any atom is -0.397 e. The SMILES string of the molecule is CC1CN(c2c(N)cccc2C(N)=O)CCC1O. The predicted octanol–water partition coefficient (Wildman–Crippen LogP) is 0.575. The van der Waals surface area contributed by atoms with Crippen LogP contribution in [0.1, 0.15) is 23.7 Å². The number of hydrogen-bond acceptors (Lipinski definition) is 4. The van der Waals surface area contributed by atoms with E-state index in [1.807, 2.05) is 11.8 Å². The van der Waals surface area contributed by atoms with Crippen LogP contribution in [0.2, 0.25) is 0 Å². The Morgan fingerprint density at radius 1 is 1.50 bits per heavy atom. The van der Waals surface area contributed by atoms with Crippen LogP contribution in [-0.4, -0.2) is 30.2 Å². The van der Waals surface area contributed by atoms with Crippen molar-refractivity contribution in [1.82, 2.24) is 0 Å². The molecular formula is C13H19N3O2. The van der Waals surface area contributed by atoms with Crippen molar-refractivity contribution in [1.29, 1.82) is 0 Å². The van der Waals surface area contributed by atoms with Crippen LogP contribution in [0, 0.1) is 5.92 Å². The van der Waals surface area contributed by atoms with Crippen molar-refractivity contribution in [3.05, 3.63) is 23.8 Å². The van der Waals surface area contributed by atoms with E-state index in [1.165, 1.54) is 0 Å². The van der Waals surface area contributed by atoms with Gasteiger partial charge in [0.1, 0.15) is 0 Å². The van der Waals surface area contributed by atoms with Gasteiger partial charge in [-0.3, -0.25) is 4.79 Å². The lowest BCUT2D eigenvalue weighted by atomic mass is 9.95. The van der Waals surface area contributed by atoms with Gasteiger partial charge >= 0.3 is 0 Å². The number of para-hydroxylation sites is 1. The number of rotatable bonds is 2. The molecule has 18 heavy (non-hydrogen) atoms. The molecule has 5 N–H and O–H groups in total. The number of nitrogens with two attached hydrogens (primary N) is 2. The lowest BCUT2D eigenvalue weighted by Gasteiger charge is -2.37. The molecule has 1 amide bonds. The van der Waals surface area contributed by atoms with E-state index in [0.29, 0.717) is 36.4 Å². The van der Waals surface area contributed by atoms with Crippen LogP contribution in [0.5, 0.6) is 0 Å². The smallest absolute Gasteiger partial charge is 0.250 e. The van der Waals surface area contributed by atoms with Gasteiger partial charge in [-0.2, -0.15) is 0 Å². The fourth-order valence-corrected chi connectivity index (χ4v) is 2.45. The van der Waals surface area contributed by atoms with E-state index in [1.54, 1.807) is 18.2 Å². The van der Waals surface area contributed by atoms with Gasteiger partial charge in [-0.15, -0.1) is 0 Å². The molecule has 1 aromatic carbocycles. The summed E-state index contributed by atoms with van der Waals surface area (Å²) in [6.45, 7) is 3.34. The van der Waals surface area contributed by atoms with Gasteiger partial charge in [0, 0.05) is 13.1 Å². The van der Waals surface area contributed by atoms with Gasteiger partial charge in [0.05, 0.1) is 23.0 Å². The van der Waals surface area contributed by atoms with Crippen molar-refractivity contribution < 1.29 is 9.90 Å². The molecule has 0 saturated carbocycles. The largest absolute Gasteiger partial charge is 0.397 e. The average molecular weight is 249 g/mol. The molecule has 2 unspecified atom stereocenters. The number of aliphatic hydroxyl groups excluding tert-OH is 1. The summed E-state index contributed by atoms with van der Waals surface area (Å²) < 4.78 is 0. The summed E-state index contributed by atoms with van der Waals surface area (Å²) in [4.78, 5) is 13.5. The maximum absolute atomic E-state index is 11.5. The van der Waals surface area contributed by atoms with Crippen molar-refractivity contribution >= 4 is 17.3 Å². The van der Waals surface area contributed by atoms with Gasteiger partial charge in [-0.1, -0.05) is 13.0 Å². The first-order valence-electron chi connectivity index (χ1n) is 6.12. The highest BCUT2D eigenvalue weighted by molar-refractivity contribution is 6.01. The molecule has 5 nitrogen and oxygen atoms in total. The van der Waals surface area contributed by atoms with Crippen molar-refractivity contribution in [3.8, 4) is 0 Å². The van der Waals surface area contributed by atoms with Gasteiger partial charge in [0.15, 0.2) is 0 Å². The van der Waals surface area contributed by atoms with Crippen molar-refractivity contribution in [2.24, 2.45) is 11.7 Å². The number of carbonyl (C=O) groups is 1. The molecule has 98 valence electrons. The highest BCUT2D eigenvalue weighted by atomic mass is 16.3. The summed E-state index contributed by atoms with van der Waals surface area (Å²) in [6, 6.07) is 5.17.